The maximum Gasteiger partial charge on any atom is 0.324 e. The van der Waals surface area contributed by atoms with Crippen molar-refractivity contribution >= 4 is 33.6 Å². The number of aromatic nitrogens is 1. The Morgan fingerprint density at radius 1 is 1.41 bits per heavy atom. The van der Waals surface area contributed by atoms with Crippen LogP contribution in [0.4, 0.5) is 5.00 Å². The molecule has 8 heteroatoms. The van der Waals surface area contributed by atoms with Gasteiger partial charge in [-0.15, -0.1) is 11.3 Å². The van der Waals surface area contributed by atoms with Crippen molar-refractivity contribution in [3.63, 3.8) is 0 Å². The molecule has 116 valence electrons. The monoisotopic (exact) mass is 337 g/mol. The first-order valence-corrected chi connectivity index (χ1v) is 8.69. The number of nitro groups is 1. The summed E-state index contributed by atoms with van der Waals surface area (Å²) in [5.74, 6) is 0.312. The molecule has 3 rings (SSSR count). The second-order valence-corrected chi connectivity index (χ2v) is 7.24. The van der Waals surface area contributed by atoms with Crippen LogP contribution < -0.4 is 0 Å². The third kappa shape index (κ3) is 3.02. The molecule has 2 aromatic heterocycles. The molecule has 0 spiro atoms. The first-order chi connectivity index (χ1) is 10.5. The fourth-order valence-electron chi connectivity index (χ4n) is 2.59. The molecular formula is C14H15N3O3S2. The Morgan fingerprint density at radius 3 is 2.68 bits per heavy atom. The molecule has 1 saturated heterocycles. The second-order valence-electron chi connectivity index (χ2n) is 5.29. The summed E-state index contributed by atoms with van der Waals surface area (Å²) >= 11 is 2.62. The molecule has 22 heavy (non-hydrogen) atoms. The van der Waals surface area contributed by atoms with Crippen molar-refractivity contribution in [2.75, 3.05) is 13.1 Å². The van der Waals surface area contributed by atoms with Crippen LogP contribution in [0, 0.1) is 17.0 Å². The molecular weight excluding hydrogens is 322 g/mol. The largest absolute Gasteiger partial charge is 0.338 e. The summed E-state index contributed by atoms with van der Waals surface area (Å²) in [6.07, 6.45) is 1.79. The van der Waals surface area contributed by atoms with Gasteiger partial charge in [0.05, 0.1) is 14.8 Å². The van der Waals surface area contributed by atoms with E-state index < -0.39 is 4.92 Å². The first-order valence-electron chi connectivity index (χ1n) is 7.00. The molecule has 1 amide bonds. The zero-order valence-corrected chi connectivity index (χ0v) is 13.7. The van der Waals surface area contributed by atoms with Crippen LogP contribution in [-0.4, -0.2) is 33.8 Å². The predicted molar refractivity (Wildman–Crippen MR) is 85.7 cm³/mol. The van der Waals surface area contributed by atoms with E-state index in [0.717, 1.165) is 34.9 Å². The van der Waals surface area contributed by atoms with Gasteiger partial charge in [-0.05, 0) is 25.8 Å². The lowest BCUT2D eigenvalue weighted by Crippen LogP contribution is -2.37. The smallest absolute Gasteiger partial charge is 0.324 e. The minimum Gasteiger partial charge on any atom is -0.338 e. The third-order valence-electron chi connectivity index (χ3n) is 3.75. The number of thiophene rings is 1. The van der Waals surface area contributed by atoms with E-state index in [2.05, 4.69) is 10.4 Å². The molecule has 1 aliphatic rings. The molecule has 0 radical (unpaired) electrons. The van der Waals surface area contributed by atoms with E-state index in [4.69, 9.17) is 0 Å². The average Bonchev–Trinajstić information content (AvgIpc) is 3.16. The summed E-state index contributed by atoms with van der Waals surface area (Å²) < 4.78 is 0. The molecule has 0 atom stereocenters. The van der Waals surface area contributed by atoms with Gasteiger partial charge in [0.2, 0.25) is 0 Å². The van der Waals surface area contributed by atoms with E-state index in [9.17, 15) is 14.9 Å². The number of carbonyl (C=O) groups is 1. The number of rotatable bonds is 3. The van der Waals surface area contributed by atoms with Crippen molar-refractivity contribution in [3.8, 4) is 0 Å². The predicted octanol–water partition coefficient (Wildman–Crippen LogP) is 3.44. The lowest BCUT2D eigenvalue weighted by molar-refractivity contribution is -0.380. The van der Waals surface area contributed by atoms with Crippen LogP contribution in [0.15, 0.2) is 17.5 Å². The molecule has 0 N–H and O–H groups in total. The van der Waals surface area contributed by atoms with Gasteiger partial charge in [0.15, 0.2) is 0 Å². The number of aryl methyl sites for hydroxylation is 1. The SMILES string of the molecule is Cc1csc(C2CCN(C(=O)c3ccc([N+](=O)[O-])s3)CC2)n1. The number of hydrogen-bond donors (Lipinski definition) is 0. The van der Waals surface area contributed by atoms with Gasteiger partial charge in [-0.25, -0.2) is 4.98 Å². The second kappa shape index (κ2) is 6.13. The number of carbonyl (C=O) groups excluding carboxylic acids is 1. The van der Waals surface area contributed by atoms with E-state index >= 15 is 0 Å². The highest BCUT2D eigenvalue weighted by atomic mass is 32.1. The van der Waals surface area contributed by atoms with Gasteiger partial charge in [-0.2, -0.15) is 0 Å². The minimum atomic E-state index is -0.460. The van der Waals surface area contributed by atoms with Crippen LogP contribution in [0.1, 0.15) is 39.1 Å². The maximum atomic E-state index is 12.4. The van der Waals surface area contributed by atoms with Crippen LogP contribution in [0.25, 0.3) is 0 Å². The van der Waals surface area contributed by atoms with E-state index in [1.54, 1.807) is 22.3 Å². The van der Waals surface area contributed by atoms with Gasteiger partial charge in [-0.3, -0.25) is 14.9 Å². The summed E-state index contributed by atoms with van der Waals surface area (Å²) in [5, 5.41) is 13.9. The van der Waals surface area contributed by atoms with Gasteiger partial charge in [0.25, 0.3) is 5.91 Å². The van der Waals surface area contributed by atoms with Crippen LogP contribution in [0.2, 0.25) is 0 Å². The molecule has 0 aliphatic carbocycles. The molecule has 2 aromatic rings. The average molecular weight is 337 g/mol. The Labute approximate surface area is 135 Å². The van der Waals surface area contributed by atoms with Crippen LogP contribution >= 0.6 is 22.7 Å². The first kappa shape index (κ1) is 15.1. The van der Waals surface area contributed by atoms with Crippen molar-refractivity contribution in [2.45, 2.75) is 25.7 Å². The van der Waals surface area contributed by atoms with Gasteiger partial charge in [0, 0.05) is 36.1 Å². The standard InChI is InChI=1S/C14H15N3O3S2/c1-9-8-21-13(15-9)10-4-6-16(7-5-10)14(18)11-2-3-12(22-11)17(19)20/h2-3,8,10H,4-7H2,1H3. The van der Waals surface area contributed by atoms with E-state index in [1.165, 1.54) is 6.07 Å². The van der Waals surface area contributed by atoms with Crippen LogP contribution in [-0.2, 0) is 0 Å². The Balaban J connectivity index is 1.63. The van der Waals surface area contributed by atoms with Crippen molar-refractivity contribution < 1.29 is 9.72 Å². The van der Waals surface area contributed by atoms with Gasteiger partial charge in [0.1, 0.15) is 0 Å². The summed E-state index contributed by atoms with van der Waals surface area (Å²) in [6.45, 7) is 3.34. The quantitative estimate of drug-likeness (QED) is 0.635. The number of likely N-dealkylation sites (tertiary alicyclic amines) is 1. The summed E-state index contributed by atoms with van der Waals surface area (Å²) in [5.41, 5.74) is 1.05. The summed E-state index contributed by atoms with van der Waals surface area (Å²) in [4.78, 5) is 29.4. The summed E-state index contributed by atoms with van der Waals surface area (Å²) in [7, 11) is 0. The molecule has 1 fully saturated rings. The normalized spacial score (nSPS) is 16.0. The molecule has 1 aliphatic heterocycles. The van der Waals surface area contributed by atoms with E-state index in [1.807, 2.05) is 6.92 Å². The van der Waals surface area contributed by atoms with E-state index in [-0.39, 0.29) is 10.9 Å². The fourth-order valence-corrected chi connectivity index (χ4v) is 4.34. The number of amides is 1. The molecule has 0 bridgehead atoms. The highest BCUT2D eigenvalue weighted by molar-refractivity contribution is 7.17. The Kier molecular flexibility index (Phi) is 4.21. The van der Waals surface area contributed by atoms with Gasteiger partial charge >= 0.3 is 5.00 Å². The zero-order chi connectivity index (χ0) is 15.7. The van der Waals surface area contributed by atoms with Crippen molar-refractivity contribution in [1.82, 2.24) is 9.88 Å². The molecule has 0 unspecified atom stereocenters. The molecule has 3 heterocycles. The maximum absolute atomic E-state index is 12.4. The lowest BCUT2D eigenvalue weighted by atomic mass is 9.97. The topological polar surface area (TPSA) is 76.3 Å². The van der Waals surface area contributed by atoms with Crippen molar-refractivity contribution in [2.24, 2.45) is 0 Å². The van der Waals surface area contributed by atoms with Gasteiger partial charge < -0.3 is 4.90 Å². The fraction of sp³-hybridized carbons (Fsp3) is 0.429. The minimum absolute atomic E-state index is 0.0106. The molecule has 6 nitrogen and oxygen atoms in total. The third-order valence-corrected chi connectivity index (χ3v) is 5.90. The lowest BCUT2D eigenvalue weighted by Gasteiger charge is -2.30. The Morgan fingerprint density at radius 2 is 2.14 bits per heavy atom. The van der Waals surface area contributed by atoms with Crippen LogP contribution in [0.5, 0.6) is 0 Å². The zero-order valence-electron chi connectivity index (χ0n) is 12.0. The number of piperidine rings is 1. The number of thiazole rings is 1. The molecule has 0 saturated carbocycles. The van der Waals surface area contributed by atoms with Gasteiger partial charge in [-0.1, -0.05) is 11.3 Å². The van der Waals surface area contributed by atoms with Crippen molar-refractivity contribution in [3.05, 3.63) is 43.2 Å². The van der Waals surface area contributed by atoms with Crippen LogP contribution in [0.3, 0.4) is 0 Å². The highest BCUT2D eigenvalue weighted by Crippen LogP contribution is 2.32. The van der Waals surface area contributed by atoms with E-state index in [0.29, 0.717) is 23.9 Å². The number of hydrogen-bond acceptors (Lipinski definition) is 6. The highest BCUT2D eigenvalue weighted by Gasteiger charge is 2.27. The van der Waals surface area contributed by atoms with Crippen molar-refractivity contribution in [1.29, 1.82) is 0 Å². The Hall–Kier alpha value is -1.80. The molecule has 0 aromatic carbocycles. The number of nitrogens with zero attached hydrogens (tertiary/aromatic N) is 3. The Bertz CT molecular complexity index is 702. The summed E-state index contributed by atoms with van der Waals surface area (Å²) in [6, 6.07) is 2.93.